The van der Waals surface area contributed by atoms with E-state index in [2.05, 4.69) is 12.6 Å². The van der Waals surface area contributed by atoms with Gasteiger partial charge in [0.25, 0.3) is 0 Å². The van der Waals surface area contributed by atoms with Crippen LogP contribution < -0.4 is 0 Å². The van der Waals surface area contributed by atoms with Gasteiger partial charge in [0.1, 0.15) is 0 Å². The Morgan fingerprint density at radius 1 is 1.38 bits per heavy atom. The predicted octanol–water partition coefficient (Wildman–Crippen LogP) is 1.95. The van der Waals surface area contributed by atoms with E-state index in [1.165, 1.54) is 12.8 Å². The number of hydrogen-bond donors (Lipinski definition) is 1. The first kappa shape index (κ1) is 10.9. The number of nitrogens with zero attached hydrogens (tertiary/aromatic N) is 1. The molecular formula is C10H19NOS. The number of carbonyl (C=O) groups excluding carboxylic acids is 1. The number of hydrogen-bond acceptors (Lipinski definition) is 2. The molecule has 0 atom stereocenters. The molecule has 1 aliphatic carbocycles. The van der Waals surface area contributed by atoms with Crippen molar-refractivity contribution < 1.29 is 4.79 Å². The minimum atomic E-state index is 0.267. The zero-order valence-corrected chi connectivity index (χ0v) is 9.44. The minimum absolute atomic E-state index is 0.267. The third kappa shape index (κ3) is 2.63. The average Bonchev–Trinajstić information content (AvgIpc) is 2.88. The van der Waals surface area contributed by atoms with Gasteiger partial charge in [0, 0.05) is 19.5 Å². The SMILES string of the molecule is CCN(CC)C(=O)CC1(CS)CC1. The molecule has 76 valence electrons. The van der Waals surface area contributed by atoms with Crippen molar-refractivity contribution in [2.45, 2.75) is 33.1 Å². The average molecular weight is 201 g/mol. The third-order valence-electron chi connectivity index (χ3n) is 2.93. The summed E-state index contributed by atoms with van der Waals surface area (Å²) in [5.74, 6) is 1.16. The van der Waals surface area contributed by atoms with Gasteiger partial charge in [0.05, 0.1) is 0 Å². The fourth-order valence-electron chi connectivity index (χ4n) is 1.58. The van der Waals surface area contributed by atoms with Crippen molar-refractivity contribution in [3.05, 3.63) is 0 Å². The minimum Gasteiger partial charge on any atom is -0.343 e. The number of rotatable bonds is 5. The van der Waals surface area contributed by atoms with Crippen LogP contribution >= 0.6 is 12.6 Å². The lowest BCUT2D eigenvalue weighted by molar-refractivity contribution is -0.131. The van der Waals surface area contributed by atoms with Crippen molar-refractivity contribution in [2.24, 2.45) is 5.41 Å². The summed E-state index contributed by atoms with van der Waals surface area (Å²) in [6, 6.07) is 0. The van der Waals surface area contributed by atoms with Gasteiger partial charge in [-0.3, -0.25) is 4.79 Å². The van der Waals surface area contributed by atoms with Crippen molar-refractivity contribution in [3.63, 3.8) is 0 Å². The molecule has 0 aromatic carbocycles. The first-order valence-corrected chi connectivity index (χ1v) is 5.69. The van der Waals surface area contributed by atoms with Crippen LogP contribution in [0.1, 0.15) is 33.1 Å². The van der Waals surface area contributed by atoms with Gasteiger partial charge in [-0.15, -0.1) is 0 Å². The van der Waals surface area contributed by atoms with Gasteiger partial charge in [-0.1, -0.05) is 0 Å². The van der Waals surface area contributed by atoms with Gasteiger partial charge in [-0.25, -0.2) is 0 Å². The molecule has 1 rings (SSSR count). The van der Waals surface area contributed by atoms with Crippen LogP contribution in [-0.4, -0.2) is 29.6 Å². The maximum atomic E-state index is 11.7. The summed E-state index contributed by atoms with van der Waals surface area (Å²) in [5, 5.41) is 0. The maximum absolute atomic E-state index is 11.7. The zero-order chi connectivity index (χ0) is 9.90. The highest BCUT2D eigenvalue weighted by atomic mass is 32.1. The summed E-state index contributed by atoms with van der Waals surface area (Å²) in [6.45, 7) is 5.72. The maximum Gasteiger partial charge on any atom is 0.223 e. The predicted molar refractivity (Wildman–Crippen MR) is 58.1 cm³/mol. The van der Waals surface area contributed by atoms with Gasteiger partial charge in [-0.2, -0.15) is 12.6 Å². The Kier molecular flexibility index (Phi) is 3.65. The molecule has 0 spiro atoms. The van der Waals surface area contributed by atoms with Crippen molar-refractivity contribution in [3.8, 4) is 0 Å². The fraction of sp³-hybridized carbons (Fsp3) is 0.900. The highest BCUT2D eigenvalue weighted by molar-refractivity contribution is 7.80. The van der Waals surface area contributed by atoms with Crippen molar-refractivity contribution in [1.82, 2.24) is 4.90 Å². The Balaban J connectivity index is 2.40. The van der Waals surface area contributed by atoms with Gasteiger partial charge >= 0.3 is 0 Å². The van der Waals surface area contributed by atoms with Gasteiger partial charge in [0.2, 0.25) is 5.91 Å². The molecule has 0 N–H and O–H groups in total. The Morgan fingerprint density at radius 3 is 2.23 bits per heavy atom. The normalized spacial score (nSPS) is 18.4. The standard InChI is InChI=1S/C10H19NOS/c1-3-11(4-2)9(12)7-10(8-13)5-6-10/h13H,3-8H2,1-2H3. The Hall–Kier alpha value is -0.180. The molecule has 0 bridgehead atoms. The van der Waals surface area contributed by atoms with Crippen molar-refractivity contribution in [1.29, 1.82) is 0 Å². The highest BCUT2D eigenvalue weighted by Crippen LogP contribution is 2.49. The van der Waals surface area contributed by atoms with Crippen LogP contribution in [0.15, 0.2) is 0 Å². The Labute approximate surface area is 86.1 Å². The second kappa shape index (κ2) is 4.36. The van der Waals surface area contributed by atoms with E-state index >= 15 is 0 Å². The summed E-state index contributed by atoms with van der Waals surface area (Å²) in [4.78, 5) is 13.6. The molecule has 2 nitrogen and oxygen atoms in total. The van der Waals surface area contributed by atoms with Crippen LogP contribution in [0.5, 0.6) is 0 Å². The van der Waals surface area contributed by atoms with Crippen molar-refractivity contribution in [2.75, 3.05) is 18.8 Å². The lowest BCUT2D eigenvalue weighted by Gasteiger charge is -2.21. The topological polar surface area (TPSA) is 20.3 Å². The van der Waals surface area contributed by atoms with Crippen LogP contribution in [0.2, 0.25) is 0 Å². The van der Waals surface area contributed by atoms with E-state index in [0.717, 1.165) is 18.8 Å². The highest BCUT2D eigenvalue weighted by Gasteiger charge is 2.43. The number of amides is 1. The Morgan fingerprint density at radius 2 is 1.92 bits per heavy atom. The van der Waals surface area contributed by atoms with E-state index in [1.54, 1.807) is 0 Å². The molecule has 1 saturated carbocycles. The van der Waals surface area contributed by atoms with E-state index in [0.29, 0.717) is 12.3 Å². The van der Waals surface area contributed by atoms with Crippen LogP contribution in [0, 0.1) is 5.41 Å². The molecule has 0 heterocycles. The fourth-order valence-corrected chi connectivity index (χ4v) is 2.00. The van der Waals surface area contributed by atoms with E-state index < -0.39 is 0 Å². The molecule has 13 heavy (non-hydrogen) atoms. The molecule has 0 aliphatic heterocycles. The molecule has 0 saturated heterocycles. The molecule has 0 aromatic heterocycles. The first-order valence-electron chi connectivity index (χ1n) is 5.06. The largest absolute Gasteiger partial charge is 0.343 e. The van der Waals surface area contributed by atoms with Gasteiger partial charge < -0.3 is 4.90 Å². The lowest BCUT2D eigenvalue weighted by atomic mass is 10.0. The molecule has 0 radical (unpaired) electrons. The van der Waals surface area contributed by atoms with Crippen molar-refractivity contribution >= 4 is 18.5 Å². The summed E-state index contributed by atoms with van der Waals surface area (Å²) in [7, 11) is 0. The Bertz CT molecular complexity index is 185. The third-order valence-corrected chi connectivity index (χ3v) is 3.61. The van der Waals surface area contributed by atoms with Crippen LogP contribution in [-0.2, 0) is 4.79 Å². The lowest BCUT2D eigenvalue weighted by Crippen LogP contribution is -2.32. The number of carbonyl (C=O) groups is 1. The van der Waals surface area contributed by atoms with E-state index in [9.17, 15) is 4.79 Å². The zero-order valence-electron chi connectivity index (χ0n) is 8.55. The molecule has 1 amide bonds. The van der Waals surface area contributed by atoms with Gasteiger partial charge in [-0.05, 0) is 37.9 Å². The molecule has 3 heteroatoms. The van der Waals surface area contributed by atoms with Crippen LogP contribution in [0.3, 0.4) is 0 Å². The summed E-state index contributed by atoms with van der Waals surface area (Å²) >= 11 is 4.29. The number of thiol groups is 1. The molecule has 1 aliphatic rings. The van der Waals surface area contributed by atoms with E-state index in [4.69, 9.17) is 0 Å². The summed E-state index contributed by atoms with van der Waals surface area (Å²) < 4.78 is 0. The summed E-state index contributed by atoms with van der Waals surface area (Å²) in [5.41, 5.74) is 0.267. The van der Waals surface area contributed by atoms with Gasteiger partial charge in [0.15, 0.2) is 0 Å². The molecule has 0 aromatic rings. The second-order valence-corrected chi connectivity index (χ2v) is 4.22. The molecule has 1 fully saturated rings. The smallest absolute Gasteiger partial charge is 0.223 e. The van der Waals surface area contributed by atoms with Crippen LogP contribution in [0.4, 0.5) is 0 Å². The first-order chi connectivity index (χ1) is 6.17. The van der Waals surface area contributed by atoms with E-state index in [-0.39, 0.29) is 5.41 Å². The monoisotopic (exact) mass is 201 g/mol. The molecular weight excluding hydrogens is 182 g/mol. The summed E-state index contributed by atoms with van der Waals surface area (Å²) in [6.07, 6.45) is 3.07. The van der Waals surface area contributed by atoms with Crippen LogP contribution in [0.25, 0.3) is 0 Å². The molecule has 0 unspecified atom stereocenters. The second-order valence-electron chi connectivity index (χ2n) is 3.90. The van der Waals surface area contributed by atoms with E-state index in [1.807, 2.05) is 18.7 Å². The quantitative estimate of drug-likeness (QED) is 0.674.